The number of hydrogen-bond donors (Lipinski definition) is 2. The molecule has 2 N–H and O–H groups in total. The van der Waals surface area contributed by atoms with Crippen LogP contribution in [-0.4, -0.2) is 39.8 Å². The van der Waals surface area contributed by atoms with Gasteiger partial charge in [-0.1, -0.05) is 6.07 Å². The van der Waals surface area contributed by atoms with Crippen LogP contribution in [0.3, 0.4) is 0 Å². The van der Waals surface area contributed by atoms with Gasteiger partial charge in [0, 0.05) is 20.2 Å². The molecule has 1 rings (SSSR count). The molecule has 0 saturated carbocycles. The van der Waals surface area contributed by atoms with Crippen molar-refractivity contribution in [2.75, 3.05) is 33.9 Å². The fourth-order valence-corrected chi connectivity index (χ4v) is 1.50. The van der Waals surface area contributed by atoms with E-state index in [0.29, 0.717) is 19.7 Å². The second kappa shape index (κ2) is 8.44. The number of rotatable bonds is 8. The van der Waals surface area contributed by atoms with Gasteiger partial charge in [0.25, 0.3) is 0 Å². The van der Waals surface area contributed by atoms with E-state index in [9.17, 15) is 9.18 Å². The lowest BCUT2D eigenvalue weighted by Gasteiger charge is -2.07. The normalized spacial score (nSPS) is 10.3. The third-order valence-electron chi connectivity index (χ3n) is 2.46. The quantitative estimate of drug-likeness (QED) is 0.682. The Balaban J connectivity index is 2.29. The maximum atomic E-state index is 13.4. The molecule has 0 fully saturated rings. The Labute approximate surface area is 112 Å². The minimum Gasteiger partial charge on any atom is -0.494 e. The average Bonchev–Trinajstić information content (AvgIpc) is 2.39. The van der Waals surface area contributed by atoms with E-state index in [0.717, 1.165) is 5.56 Å². The molecule has 1 amide bonds. The Hall–Kier alpha value is -1.66. The van der Waals surface area contributed by atoms with Crippen LogP contribution in [0.2, 0.25) is 0 Å². The summed E-state index contributed by atoms with van der Waals surface area (Å²) >= 11 is 0. The van der Waals surface area contributed by atoms with Crippen molar-refractivity contribution in [2.24, 2.45) is 0 Å². The number of amides is 1. The van der Waals surface area contributed by atoms with Gasteiger partial charge in [-0.05, 0) is 17.7 Å². The number of carbonyl (C=O) groups is 1. The highest BCUT2D eigenvalue weighted by molar-refractivity contribution is 5.77. The summed E-state index contributed by atoms with van der Waals surface area (Å²) in [6.45, 7) is 1.56. The summed E-state index contributed by atoms with van der Waals surface area (Å²) in [5, 5.41) is 5.61. The zero-order chi connectivity index (χ0) is 14.1. The van der Waals surface area contributed by atoms with E-state index >= 15 is 0 Å². The van der Waals surface area contributed by atoms with E-state index in [1.807, 2.05) is 0 Å². The molecule has 6 heteroatoms. The van der Waals surface area contributed by atoms with E-state index in [1.165, 1.54) is 13.2 Å². The van der Waals surface area contributed by atoms with Gasteiger partial charge < -0.3 is 20.1 Å². The molecular formula is C13H19FN2O3. The summed E-state index contributed by atoms with van der Waals surface area (Å²) in [5.41, 5.74) is 0.753. The molecule has 5 nitrogen and oxygen atoms in total. The number of methoxy groups -OCH3 is 2. The smallest absolute Gasteiger partial charge is 0.234 e. The predicted molar refractivity (Wildman–Crippen MR) is 69.5 cm³/mol. The number of hydrogen-bond acceptors (Lipinski definition) is 4. The van der Waals surface area contributed by atoms with E-state index in [4.69, 9.17) is 9.47 Å². The third kappa shape index (κ3) is 5.67. The molecule has 0 saturated heterocycles. The zero-order valence-corrected chi connectivity index (χ0v) is 11.2. The van der Waals surface area contributed by atoms with Crippen LogP contribution < -0.4 is 15.4 Å². The third-order valence-corrected chi connectivity index (χ3v) is 2.46. The lowest BCUT2D eigenvalue weighted by atomic mass is 10.2. The van der Waals surface area contributed by atoms with Gasteiger partial charge in [-0.25, -0.2) is 4.39 Å². The predicted octanol–water partition coefficient (Wildman–Crippen LogP) is 0.686. The van der Waals surface area contributed by atoms with Gasteiger partial charge in [0.1, 0.15) is 0 Å². The van der Waals surface area contributed by atoms with Crippen LogP contribution in [0.25, 0.3) is 0 Å². The average molecular weight is 270 g/mol. The van der Waals surface area contributed by atoms with Crippen LogP contribution >= 0.6 is 0 Å². The Bertz CT molecular complexity index is 413. The number of halogens is 1. The van der Waals surface area contributed by atoms with Gasteiger partial charge in [0.2, 0.25) is 5.91 Å². The summed E-state index contributed by atoms with van der Waals surface area (Å²) in [6, 6.07) is 4.69. The molecule has 0 unspecified atom stereocenters. The number of nitrogens with one attached hydrogen (secondary N) is 2. The Morgan fingerprint density at radius 2 is 2.16 bits per heavy atom. The second-order valence-corrected chi connectivity index (χ2v) is 3.92. The van der Waals surface area contributed by atoms with Crippen LogP contribution in [0.4, 0.5) is 4.39 Å². The molecule has 19 heavy (non-hydrogen) atoms. The van der Waals surface area contributed by atoms with E-state index in [-0.39, 0.29) is 18.2 Å². The minimum atomic E-state index is -0.411. The fraction of sp³-hybridized carbons (Fsp3) is 0.462. The Morgan fingerprint density at radius 1 is 1.37 bits per heavy atom. The van der Waals surface area contributed by atoms with Crippen LogP contribution in [0.1, 0.15) is 5.56 Å². The van der Waals surface area contributed by atoms with Crippen molar-refractivity contribution < 1.29 is 18.7 Å². The van der Waals surface area contributed by atoms with Crippen LogP contribution in [0, 0.1) is 5.82 Å². The largest absolute Gasteiger partial charge is 0.494 e. The maximum Gasteiger partial charge on any atom is 0.234 e. The molecule has 0 aliphatic heterocycles. The molecule has 0 spiro atoms. The first kappa shape index (κ1) is 15.4. The summed E-state index contributed by atoms with van der Waals surface area (Å²) in [7, 11) is 2.99. The molecule has 0 heterocycles. The van der Waals surface area contributed by atoms with Gasteiger partial charge in [-0.3, -0.25) is 4.79 Å². The van der Waals surface area contributed by atoms with Gasteiger partial charge in [-0.15, -0.1) is 0 Å². The van der Waals surface area contributed by atoms with Crippen molar-refractivity contribution in [3.63, 3.8) is 0 Å². The Morgan fingerprint density at radius 3 is 2.79 bits per heavy atom. The standard InChI is InChI=1S/C13H19FN2O3/c1-18-6-5-16-13(17)9-15-8-10-3-4-12(19-2)11(14)7-10/h3-4,7,15H,5-6,8-9H2,1-2H3,(H,16,17). The van der Waals surface area contributed by atoms with Crippen molar-refractivity contribution in [1.29, 1.82) is 0 Å². The molecule has 0 aromatic heterocycles. The van der Waals surface area contributed by atoms with E-state index in [1.54, 1.807) is 19.2 Å². The molecule has 1 aromatic rings. The zero-order valence-electron chi connectivity index (χ0n) is 11.2. The molecule has 0 bridgehead atoms. The van der Waals surface area contributed by atoms with Crippen LogP contribution in [0.5, 0.6) is 5.75 Å². The topological polar surface area (TPSA) is 59.6 Å². The Kier molecular flexibility index (Phi) is 6.84. The van der Waals surface area contributed by atoms with Crippen molar-refractivity contribution in [1.82, 2.24) is 10.6 Å². The van der Waals surface area contributed by atoms with Crippen molar-refractivity contribution >= 4 is 5.91 Å². The van der Waals surface area contributed by atoms with E-state index in [2.05, 4.69) is 10.6 Å². The van der Waals surface area contributed by atoms with Gasteiger partial charge in [0.05, 0.1) is 20.3 Å². The van der Waals surface area contributed by atoms with Crippen LogP contribution in [-0.2, 0) is 16.1 Å². The lowest BCUT2D eigenvalue weighted by Crippen LogP contribution is -2.35. The highest BCUT2D eigenvalue weighted by atomic mass is 19.1. The van der Waals surface area contributed by atoms with E-state index < -0.39 is 5.82 Å². The maximum absolute atomic E-state index is 13.4. The van der Waals surface area contributed by atoms with Crippen molar-refractivity contribution in [3.05, 3.63) is 29.6 Å². The number of ether oxygens (including phenoxy) is 2. The molecule has 0 aliphatic carbocycles. The van der Waals surface area contributed by atoms with Crippen molar-refractivity contribution in [2.45, 2.75) is 6.54 Å². The number of carbonyl (C=O) groups excluding carboxylic acids is 1. The lowest BCUT2D eigenvalue weighted by molar-refractivity contribution is -0.120. The molecule has 106 valence electrons. The first-order valence-electron chi connectivity index (χ1n) is 5.96. The van der Waals surface area contributed by atoms with Gasteiger partial charge in [0.15, 0.2) is 11.6 Å². The summed E-state index contributed by atoms with van der Waals surface area (Å²) < 4.78 is 23.0. The highest BCUT2D eigenvalue weighted by Crippen LogP contribution is 2.17. The molecule has 1 aromatic carbocycles. The SMILES string of the molecule is COCCNC(=O)CNCc1ccc(OC)c(F)c1. The monoisotopic (exact) mass is 270 g/mol. The summed E-state index contributed by atoms with van der Waals surface area (Å²) in [5.74, 6) is -0.321. The first-order chi connectivity index (χ1) is 9.17. The van der Waals surface area contributed by atoms with Gasteiger partial charge in [-0.2, -0.15) is 0 Å². The molecular weight excluding hydrogens is 251 g/mol. The molecule has 0 atom stereocenters. The van der Waals surface area contributed by atoms with Gasteiger partial charge >= 0.3 is 0 Å². The first-order valence-corrected chi connectivity index (χ1v) is 5.96. The van der Waals surface area contributed by atoms with Crippen molar-refractivity contribution in [3.8, 4) is 5.75 Å². The van der Waals surface area contributed by atoms with Crippen LogP contribution in [0.15, 0.2) is 18.2 Å². The molecule has 0 aliphatic rings. The number of benzene rings is 1. The highest BCUT2D eigenvalue weighted by Gasteiger charge is 2.04. The second-order valence-electron chi connectivity index (χ2n) is 3.92. The minimum absolute atomic E-state index is 0.119. The summed E-state index contributed by atoms with van der Waals surface area (Å²) in [4.78, 5) is 11.4. The molecule has 0 radical (unpaired) electrons. The fourth-order valence-electron chi connectivity index (χ4n) is 1.50. The summed E-state index contributed by atoms with van der Waals surface area (Å²) in [6.07, 6.45) is 0.